The second-order valence-corrected chi connectivity index (χ2v) is 3.30. The van der Waals surface area contributed by atoms with Gasteiger partial charge in [0.1, 0.15) is 11.6 Å². The maximum atomic E-state index is 11.8. The normalized spacial score (nSPS) is 10.5. The number of aromatic amines is 1. The van der Waals surface area contributed by atoms with Crippen LogP contribution in [0.25, 0.3) is 5.65 Å². The minimum atomic E-state index is -0.140. The highest BCUT2D eigenvalue weighted by Gasteiger charge is 2.11. The molecule has 0 amide bonds. The Kier molecular flexibility index (Phi) is 2.05. The highest BCUT2D eigenvalue weighted by Crippen LogP contribution is 2.07. The van der Waals surface area contributed by atoms with Crippen molar-refractivity contribution in [2.75, 3.05) is 0 Å². The SMILES string of the molecule is CCc1nc2c(C#N)c[nH]n2c(=O)c1C. The minimum absolute atomic E-state index is 0.140. The molecule has 0 aromatic carbocycles. The third-order valence-corrected chi connectivity index (χ3v) is 2.44. The molecule has 0 fully saturated rings. The van der Waals surface area contributed by atoms with E-state index in [4.69, 9.17) is 5.26 Å². The molecule has 2 aromatic rings. The molecule has 5 heteroatoms. The molecule has 0 unspecified atom stereocenters. The van der Waals surface area contributed by atoms with Crippen molar-refractivity contribution >= 4 is 5.65 Å². The van der Waals surface area contributed by atoms with Gasteiger partial charge in [-0.3, -0.25) is 9.89 Å². The van der Waals surface area contributed by atoms with Crippen LogP contribution in [0.5, 0.6) is 0 Å². The molecule has 5 nitrogen and oxygen atoms in total. The minimum Gasteiger partial charge on any atom is -0.295 e. The number of aromatic nitrogens is 3. The fraction of sp³-hybridized carbons (Fsp3) is 0.300. The van der Waals surface area contributed by atoms with Crippen molar-refractivity contribution in [1.29, 1.82) is 5.26 Å². The van der Waals surface area contributed by atoms with Gasteiger partial charge in [0.15, 0.2) is 5.65 Å². The van der Waals surface area contributed by atoms with Crippen LogP contribution < -0.4 is 5.56 Å². The Morgan fingerprint density at radius 3 is 3.00 bits per heavy atom. The number of hydrogen-bond donors (Lipinski definition) is 1. The van der Waals surface area contributed by atoms with Crippen molar-refractivity contribution in [2.45, 2.75) is 20.3 Å². The summed E-state index contributed by atoms with van der Waals surface area (Å²) in [5.41, 5.74) is 2.03. The van der Waals surface area contributed by atoms with Crippen molar-refractivity contribution in [1.82, 2.24) is 14.6 Å². The van der Waals surface area contributed by atoms with Crippen molar-refractivity contribution in [3.8, 4) is 6.07 Å². The average molecular weight is 202 g/mol. The number of nitriles is 1. The molecular formula is C10H10N4O. The lowest BCUT2D eigenvalue weighted by molar-refractivity contribution is 0.857. The van der Waals surface area contributed by atoms with E-state index in [1.807, 2.05) is 13.0 Å². The van der Waals surface area contributed by atoms with Gasteiger partial charge in [0, 0.05) is 11.8 Å². The zero-order chi connectivity index (χ0) is 11.0. The monoisotopic (exact) mass is 202 g/mol. The molecule has 0 aliphatic carbocycles. The zero-order valence-electron chi connectivity index (χ0n) is 8.53. The lowest BCUT2D eigenvalue weighted by Gasteiger charge is -2.01. The van der Waals surface area contributed by atoms with Gasteiger partial charge < -0.3 is 0 Å². The molecule has 1 N–H and O–H groups in total. The maximum absolute atomic E-state index is 11.8. The fourth-order valence-electron chi connectivity index (χ4n) is 1.57. The Morgan fingerprint density at radius 1 is 1.67 bits per heavy atom. The molecule has 0 aliphatic rings. The van der Waals surface area contributed by atoms with E-state index in [9.17, 15) is 4.79 Å². The lowest BCUT2D eigenvalue weighted by atomic mass is 10.2. The third kappa shape index (κ3) is 1.22. The van der Waals surface area contributed by atoms with E-state index in [1.54, 1.807) is 6.92 Å². The number of fused-ring (bicyclic) bond motifs is 1. The van der Waals surface area contributed by atoms with Gasteiger partial charge in [0.2, 0.25) is 0 Å². The molecule has 0 radical (unpaired) electrons. The van der Waals surface area contributed by atoms with Crippen LogP contribution in [-0.2, 0) is 6.42 Å². The van der Waals surface area contributed by atoms with Crippen LogP contribution in [0, 0.1) is 18.3 Å². The highest BCUT2D eigenvalue weighted by atomic mass is 16.1. The molecule has 0 atom stereocenters. The molecule has 0 spiro atoms. The van der Waals surface area contributed by atoms with E-state index in [2.05, 4.69) is 10.1 Å². The van der Waals surface area contributed by atoms with E-state index >= 15 is 0 Å². The Labute approximate surface area is 86.0 Å². The predicted molar refractivity (Wildman–Crippen MR) is 54.6 cm³/mol. The van der Waals surface area contributed by atoms with Crippen LogP contribution in [0.15, 0.2) is 11.0 Å². The van der Waals surface area contributed by atoms with E-state index in [1.165, 1.54) is 10.7 Å². The van der Waals surface area contributed by atoms with E-state index in [0.29, 0.717) is 23.2 Å². The molecular weight excluding hydrogens is 192 g/mol. The Bertz CT molecular complexity index is 615. The van der Waals surface area contributed by atoms with Crippen molar-refractivity contribution in [3.05, 3.63) is 33.4 Å². The number of nitrogens with zero attached hydrogens (tertiary/aromatic N) is 3. The van der Waals surface area contributed by atoms with Gasteiger partial charge in [0.25, 0.3) is 5.56 Å². The lowest BCUT2D eigenvalue weighted by Crippen LogP contribution is -2.20. The van der Waals surface area contributed by atoms with Crippen LogP contribution in [0.4, 0.5) is 0 Å². The predicted octanol–water partition coefficient (Wildman–Crippen LogP) is 0.765. The summed E-state index contributed by atoms with van der Waals surface area (Å²) in [6.45, 7) is 3.68. The van der Waals surface area contributed by atoms with E-state index in [-0.39, 0.29) is 5.56 Å². The molecule has 76 valence electrons. The molecule has 2 heterocycles. The second kappa shape index (κ2) is 3.24. The Morgan fingerprint density at radius 2 is 2.40 bits per heavy atom. The first-order valence-corrected chi connectivity index (χ1v) is 4.68. The van der Waals surface area contributed by atoms with Gasteiger partial charge in [-0.05, 0) is 13.3 Å². The Balaban J connectivity index is 2.95. The van der Waals surface area contributed by atoms with Crippen molar-refractivity contribution in [3.63, 3.8) is 0 Å². The molecule has 2 rings (SSSR count). The van der Waals surface area contributed by atoms with Crippen LogP contribution in [-0.4, -0.2) is 14.6 Å². The summed E-state index contributed by atoms with van der Waals surface area (Å²) < 4.78 is 1.30. The first kappa shape index (κ1) is 9.46. The molecule has 0 aliphatic heterocycles. The largest absolute Gasteiger partial charge is 0.295 e. The van der Waals surface area contributed by atoms with Gasteiger partial charge >= 0.3 is 0 Å². The number of nitrogens with one attached hydrogen (secondary N) is 1. The van der Waals surface area contributed by atoms with Crippen LogP contribution in [0.3, 0.4) is 0 Å². The van der Waals surface area contributed by atoms with Gasteiger partial charge in [-0.25, -0.2) is 9.50 Å². The third-order valence-electron chi connectivity index (χ3n) is 2.44. The summed E-state index contributed by atoms with van der Waals surface area (Å²) in [4.78, 5) is 16.1. The maximum Gasteiger partial charge on any atom is 0.275 e. The number of aryl methyl sites for hydroxylation is 1. The molecule has 2 aromatic heterocycles. The number of H-pyrrole nitrogens is 1. The van der Waals surface area contributed by atoms with Gasteiger partial charge in [-0.2, -0.15) is 5.26 Å². The van der Waals surface area contributed by atoms with Gasteiger partial charge in [-0.15, -0.1) is 0 Å². The summed E-state index contributed by atoms with van der Waals surface area (Å²) in [5, 5.41) is 11.5. The first-order valence-electron chi connectivity index (χ1n) is 4.68. The van der Waals surface area contributed by atoms with Crippen molar-refractivity contribution in [2.24, 2.45) is 0 Å². The molecule has 0 saturated carbocycles. The zero-order valence-corrected chi connectivity index (χ0v) is 8.53. The molecule has 0 saturated heterocycles. The summed E-state index contributed by atoms with van der Waals surface area (Å²) in [6.07, 6.45) is 2.18. The summed E-state index contributed by atoms with van der Waals surface area (Å²) >= 11 is 0. The van der Waals surface area contributed by atoms with Crippen LogP contribution in [0.1, 0.15) is 23.7 Å². The summed E-state index contributed by atoms with van der Waals surface area (Å²) in [6, 6.07) is 1.99. The van der Waals surface area contributed by atoms with Gasteiger partial charge in [0.05, 0.1) is 5.69 Å². The van der Waals surface area contributed by atoms with Gasteiger partial charge in [-0.1, -0.05) is 6.92 Å². The summed E-state index contributed by atoms with van der Waals surface area (Å²) in [5.74, 6) is 0. The smallest absolute Gasteiger partial charge is 0.275 e. The molecule has 15 heavy (non-hydrogen) atoms. The van der Waals surface area contributed by atoms with Crippen LogP contribution in [0.2, 0.25) is 0 Å². The topological polar surface area (TPSA) is 73.9 Å². The summed E-state index contributed by atoms with van der Waals surface area (Å²) in [7, 11) is 0. The Hall–Kier alpha value is -2.09. The highest BCUT2D eigenvalue weighted by molar-refractivity contribution is 5.54. The molecule has 0 bridgehead atoms. The second-order valence-electron chi connectivity index (χ2n) is 3.30. The van der Waals surface area contributed by atoms with E-state index < -0.39 is 0 Å². The first-order chi connectivity index (χ1) is 7.19. The quantitative estimate of drug-likeness (QED) is 0.742. The standard InChI is InChI=1S/C10H10N4O/c1-3-8-6(2)10(15)14-9(13-8)7(4-11)5-12-14/h5,12H,3H2,1-2H3. The van der Waals surface area contributed by atoms with Crippen LogP contribution >= 0.6 is 0 Å². The fourth-order valence-corrected chi connectivity index (χ4v) is 1.57. The number of rotatable bonds is 1. The van der Waals surface area contributed by atoms with Crippen molar-refractivity contribution < 1.29 is 0 Å². The van der Waals surface area contributed by atoms with E-state index in [0.717, 1.165) is 5.69 Å². The average Bonchev–Trinajstić information content (AvgIpc) is 2.66. The number of hydrogen-bond acceptors (Lipinski definition) is 3.